The van der Waals surface area contributed by atoms with E-state index in [0.29, 0.717) is 17.2 Å². The van der Waals surface area contributed by atoms with Crippen LogP contribution in [0.2, 0.25) is 0 Å². The van der Waals surface area contributed by atoms with Crippen LogP contribution in [0.25, 0.3) is 0 Å². The van der Waals surface area contributed by atoms with Crippen LogP contribution >= 0.6 is 15.9 Å². The van der Waals surface area contributed by atoms with Gasteiger partial charge in [-0.2, -0.15) is 5.10 Å². The average molecular weight is 496 g/mol. The Morgan fingerprint density at radius 3 is 2.50 bits per heavy atom. The van der Waals surface area contributed by atoms with Gasteiger partial charge in [-0.25, -0.2) is 4.68 Å². The summed E-state index contributed by atoms with van der Waals surface area (Å²) in [7, 11) is 0. The lowest BCUT2D eigenvalue weighted by atomic mass is 10.2. The molecule has 0 radical (unpaired) electrons. The molecule has 0 saturated heterocycles. The topological polar surface area (TPSA) is 78.5 Å². The summed E-state index contributed by atoms with van der Waals surface area (Å²) >= 11 is 3.38. The normalized spacial score (nSPS) is 10.7. The molecular formula is C24H22BrN3O4. The predicted molar refractivity (Wildman–Crippen MR) is 124 cm³/mol. The fraction of sp³-hybridized carbons (Fsp3) is 0.167. The summed E-state index contributed by atoms with van der Waals surface area (Å²) in [5.41, 5.74) is 1.80. The Kier molecular flexibility index (Phi) is 6.91. The molecule has 0 aliphatic heterocycles. The fourth-order valence-corrected chi connectivity index (χ4v) is 3.18. The highest BCUT2D eigenvalue weighted by Crippen LogP contribution is 2.19. The number of aromatic nitrogens is 2. The molecule has 1 N–H and O–H groups in total. The van der Waals surface area contributed by atoms with Crippen molar-refractivity contribution in [1.82, 2.24) is 9.78 Å². The Labute approximate surface area is 194 Å². The molecular weight excluding hydrogens is 474 g/mol. The SMILES string of the molecule is CCc1ccc(OCn2cc(NC(=O)c3ccc(COc4ccc(Br)cc4)o3)cn2)cc1. The molecule has 164 valence electrons. The van der Waals surface area contributed by atoms with Crippen LogP contribution in [0.15, 0.2) is 81.9 Å². The number of carbonyl (C=O) groups is 1. The third-order valence-corrected chi connectivity index (χ3v) is 5.20. The fourth-order valence-electron chi connectivity index (χ4n) is 2.92. The molecule has 1 amide bonds. The lowest BCUT2D eigenvalue weighted by molar-refractivity contribution is 0.0992. The number of hydrogen-bond acceptors (Lipinski definition) is 5. The molecule has 0 unspecified atom stereocenters. The standard InChI is InChI=1S/C24H22BrN3O4/c1-2-17-3-7-21(8-4-17)31-16-28-14-19(13-26-28)27-24(29)23-12-11-22(32-23)15-30-20-9-5-18(25)6-10-20/h3-14H,2,15-16H2,1H3,(H,27,29). The summed E-state index contributed by atoms with van der Waals surface area (Å²) in [6.07, 6.45) is 4.23. The largest absolute Gasteiger partial charge is 0.486 e. The number of furan rings is 1. The first-order chi connectivity index (χ1) is 15.6. The summed E-state index contributed by atoms with van der Waals surface area (Å²) in [6.45, 7) is 2.57. The molecule has 2 heterocycles. The number of carbonyl (C=O) groups excluding carboxylic acids is 1. The van der Waals surface area contributed by atoms with Crippen molar-refractivity contribution >= 4 is 27.5 Å². The first-order valence-corrected chi connectivity index (χ1v) is 10.9. The van der Waals surface area contributed by atoms with Crippen LogP contribution in [0.1, 0.15) is 28.8 Å². The van der Waals surface area contributed by atoms with E-state index >= 15 is 0 Å². The number of anilines is 1. The lowest BCUT2D eigenvalue weighted by Gasteiger charge is -2.06. The van der Waals surface area contributed by atoms with Gasteiger partial charge in [0.05, 0.1) is 18.1 Å². The molecule has 0 fully saturated rings. The van der Waals surface area contributed by atoms with Gasteiger partial charge in [-0.15, -0.1) is 0 Å². The molecule has 32 heavy (non-hydrogen) atoms. The maximum absolute atomic E-state index is 12.5. The Morgan fingerprint density at radius 2 is 1.75 bits per heavy atom. The number of halogens is 1. The molecule has 0 saturated carbocycles. The van der Waals surface area contributed by atoms with Gasteiger partial charge in [0.15, 0.2) is 12.5 Å². The zero-order valence-electron chi connectivity index (χ0n) is 17.5. The number of amides is 1. The van der Waals surface area contributed by atoms with Crippen molar-refractivity contribution < 1.29 is 18.7 Å². The highest BCUT2D eigenvalue weighted by Gasteiger charge is 2.13. The van der Waals surface area contributed by atoms with Crippen LogP contribution in [0.3, 0.4) is 0 Å². The molecule has 8 heteroatoms. The second kappa shape index (κ2) is 10.2. The van der Waals surface area contributed by atoms with E-state index in [2.05, 4.69) is 33.3 Å². The summed E-state index contributed by atoms with van der Waals surface area (Å²) < 4.78 is 19.6. The van der Waals surface area contributed by atoms with Crippen LogP contribution in [-0.2, 0) is 19.8 Å². The van der Waals surface area contributed by atoms with Crippen LogP contribution < -0.4 is 14.8 Å². The molecule has 0 bridgehead atoms. The minimum absolute atomic E-state index is 0.194. The zero-order chi connectivity index (χ0) is 22.3. The van der Waals surface area contributed by atoms with Gasteiger partial charge < -0.3 is 19.2 Å². The van der Waals surface area contributed by atoms with E-state index in [9.17, 15) is 4.79 Å². The van der Waals surface area contributed by atoms with E-state index in [0.717, 1.165) is 16.6 Å². The van der Waals surface area contributed by atoms with Gasteiger partial charge in [0.25, 0.3) is 5.91 Å². The van der Waals surface area contributed by atoms with Crippen LogP contribution in [0.4, 0.5) is 5.69 Å². The minimum atomic E-state index is -0.365. The number of ether oxygens (including phenoxy) is 2. The minimum Gasteiger partial charge on any atom is -0.486 e. The van der Waals surface area contributed by atoms with Gasteiger partial charge in [-0.05, 0) is 60.5 Å². The molecule has 4 aromatic rings. The Hall–Kier alpha value is -3.52. The predicted octanol–water partition coefficient (Wildman–Crippen LogP) is 5.67. The molecule has 0 aliphatic carbocycles. The maximum Gasteiger partial charge on any atom is 0.291 e. The Balaban J connectivity index is 1.27. The number of benzene rings is 2. The molecule has 2 aromatic carbocycles. The number of nitrogens with zero attached hydrogens (tertiary/aromatic N) is 2. The van der Waals surface area contributed by atoms with E-state index in [1.54, 1.807) is 29.2 Å². The number of rotatable bonds is 9. The quantitative estimate of drug-likeness (QED) is 0.323. The lowest BCUT2D eigenvalue weighted by Crippen LogP contribution is -2.10. The van der Waals surface area contributed by atoms with Crippen molar-refractivity contribution in [3.8, 4) is 11.5 Å². The first-order valence-electron chi connectivity index (χ1n) is 10.1. The van der Waals surface area contributed by atoms with Crippen LogP contribution in [0.5, 0.6) is 11.5 Å². The number of nitrogens with one attached hydrogen (secondary N) is 1. The third kappa shape index (κ3) is 5.79. The summed E-state index contributed by atoms with van der Waals surface area (Å²) in [5.74, 6) is 1.86. The first kappa shape index (κ1) is 21.7. The van der Waals surface area contributed by atoms with Crippen molar-refractivity contribution in [3.63, 3.8) is 0 Å². The van der Waals surface area contributed by atoms with Gasteiger partial charge in [0.1, 0.15) is 23.9 Å². The van der Waals surface area contributed by atoms with Gasteiger partial charge >= 0.3 is 0 Å². The van der Waals surface area contributed by atoms with E-state index in [1.807, 2.05) is 48.5 Å². The Bertz CT molecular complexity index is 1170. The molecule has 0 spiro atoms. The van der Waals surface area contributed by atoms with E-state index < -0.39 is 0 Å². The van der Waals surface area contributed by atoms with Gasteiger partial charge in [0, 0.05) is 4.47 Å². The van der Waals surface area contributed by atoms with Crippen molar-refractivity contribution in [2.75, 3.05) is 5.32 Å². The van der Waals surface area contributed by atoms with Crippen molar-refractivity contribution in [2.24, 2.45) is 0 Å². The van der Waals surface area contributed by atoms with Gasteiger partial charge in [0.2, 0.25) is 0 Å². The van der Waals surface area contributed by atoms with Crippen molar-refractivity contribution in [3.05, 3.63) is 94.6 Å². The monoisotopic (exact) mass is 495 g/mol. The average Bonchev–Trinajstić information content (AvgIpc) is 3.47. The van der Waals surface area contributed by atoms with Crippen LogP contribution in [0, 0.1) is 0 Å². The molecule has 0 aliphatic rings. The summed E-state index contributed by atoms with van der Waals surface area (Å²) in [4.78, 5) is 12.5. The van der Waals surface area contributed by atoms with E-state index in [1.165, 1.54) is 5.56 Å². The smallest absolute Gasteiger partial charge is 0.291 e. The van der Waals surface area contributed by atoms with Crippen molar-refractivity contribution in [1.29, 1.82) is 0 Å². The third-order valence-electron chi connectivity index (χ3n) is 4.67. The molecule has 4 rings (SSSR count). The van der Waals surface area contributed by atoms with Gasteiger partial charge in [-0.1, -0.05) is 35.0 Å². The number of aryl methyl sites for hydroxylation is 1. The molecule has 0 atom stereocenters. The number of hydrogen-bond donors (Lipinski definition) is 1. The highest BCUT2D eigenvalue weighted by molar-refractivity contribution is 9.10. The van der Waals surface area contributed by atoms with E-state index in [4.69, 9.17) is 13.9 Å². The summed E-state index contributed by atoms with van der Waals surface area (Å²) in [6, 6.07) is 18.7. The molecule has 7 nitrogen and oxygen atoms in total. The zero-order valence-corrected chi connectivity index (χ0v) is 19.0. The van der Waals surface area contributed by atoms with Gasteiger partial charge in [-0.3, -0.25) is 4.79 Å². The van der Waals surface area contributed by atoms with Crippen LogP contribution in [-0.4, -0.2) is 15.7 Å². The summed E-state index contributed by atoms with van der Waals surface area (Å²) in [5, 5.41) is 6.98. The molecule has 2 aromatic heterocycles. The second-order valence-corrected chi connectivity index (χ2v) is 7.92. The van der Waals surface area contributed by atoms with Crippen molar-refractivity contribution in [2.45, 2.75) is 26.7 Å². The second-order valence-electron chi connectivity index (χ2n) is 7.00. The highest BCUT2D eigenvalue weighted by atomic mass is 79.9. The maximum atomic E-state index is 12.5. The Morgan fingerprint density at radius 1 is 1.03 bits per heavy atom. The van der Waals surface area contributed by atoms with E-state index in [-0.39, 0.29) is 25.0 Å².